The second kappa shape index (κ2) is 28.2. The Kier molecular flexibility index (Phi) is 15.8. The van der Waals surface area contributed by atoms with E-state index in [0.717, 1.165) is 216 Å². The fourth-order valence-electron chi connectivity index (χ4n) is 19.6. The third kappa shape index (κ3) is 11.3. The van der Waals surface area contributed by atoms with Crippen molar-refractivity contribution < 1.29 is 4.42 Å². The lowest BCUT2D eigenvalue weighted by molar-refractivity contribution is 0.669. The molecule has 0 aliphatic carbocycles. The number of hydrogen-bond acceptors (Lipinski definition) is 7. The Morgan fingerprint density at radius 1 is 0.183 bits per heavy atom. The highest BCUT2D eigenvalue weighted by Gasteiger charge is 2.26. The van der Waals surface area contributed by atoms with Crippen LogP contribution in [0.1, 0.15) is 0 Å². The Hall–Kier alpha value is -17.2. The van der Waals surface area contributed by atoms with Crippen LogP contribution in [0.3, 0.4) is 0 Å². The third-order valence-corrected chi connectivity index (χ3v) is 25.5. The Morgan fingerprint density at radius 2 is 0.532 bits per heavy atom. The van der Waals surface area contributed by atoms with E-state index < -0.39 is 0 Å². The van der Waals surface area contributed by atoms with Gasteiger partial charge in [0.05, 0.1) is 83.5 Å². The summed E-state index contributed by atoms with van der Waals surface area (Å²) in [5.74, 6) is 1.16. The van der Waals surface area contributed by atoms with Crippen LogP contribution >= 0.6 is 0 Å². The molecule has 126 heavy (non-hydrogen) atoms. The summed E-state index contributed by atoms with van der Waals surface area (Å²) < 4.78 is 18.0. The van der Waals surface area contributed by atoms with Crippen molar-refractivity contribution >= 4 is 131 Å². The first kappa shape index (κ1) is 70.6. The van der Waals surface area contributed by atoms with Crippen molar-refractivity contribution in [2.24, 2.45) is 0 Å². The normalized spacial score (nSPS) is 12.0. The number of rotatable bonds is 13. The molecule has 12 heteroatoms. The molecule has 586 valence electrons. The van der Waals surface area contributed by atoms with Crippen LogP contribution in [0.15, 0.2) is 423 Å². The van der Waals surface area contributed by atoms with Gasteiger partial charge < -0.3 is 18.1 Å². The van der Waals surface area contributed by atoms with Crippen molar-refractivity contribution in [1.29, 1.82) is 0 Å². The maximum atomic E-state index is 6.42. The molecule has 0 unspecified atom stereocenters. The van der Waals surface area contributed by atoms with E-state index >= 15 is 0 Å². The van der Waals surface area contributed by atoms with E-state index in [1.54, 1.807) is 0 Å². The van der Waals surface area contributed by atoms with Gasteiger partial charge in [-0.15, -0.1) is 0 Å². The molecule has 0 spiro atoms. The fourth-order valence-corrected chi connectivity index (χ4v) is 19.6. The van der Waals surface area contributed by atoms with E-state index in [-0.39, 0.29) is 0 Å². The number of furan rings is 1. The van der Waals surface area contributed by atoms with E-state index in [4.69, 9.17) is 34.3 Å². The molecular formula is C114H69N11O. The second-order valence-corrected chi connectivity index (χ2v) is 32.5. The van der Waals surface area contributed by atoms with Crippen molar-refractivity contribution in [3.8, 4) is 118 Å². The topological polar surface area (TPSA) is 115 Å². The summed E-state index contributed by atoms with van der Waals surface area (Å²) >= 11 is 0. The lowest BCUT2D eigenvalue weighted by Crippen LogP contribution is -2.04. The van der Waals surface area contributed by atoms with Gasteiger partial charge in [0.2, 0.25) is 11.9 Å². The molecule has 0 atom stereocenters. The van der Waals surface area contributed by atoms with Gasteiger partial charge in [0, 0.05) is 111 Å². The molecule has 12 nitrogen and oxygen atoms in total. The van der Waals surface area contributed by atoms with Gasteiger partial charge in [0.1, 0.15) is 11.1 Å². The van der Waals surface area contributed by atoms with Crippen LogP contribution in [0.25, 0.3) is 250 Å². The minimum absolute atomic E-state index is 0.575. The number of para-hydroxylation sites is 5. The summed E-state index contributed by atoms with van der Waals surface area (Å²) in [5.41, 5.74) is 33.2. The molecule has 0 aliphatic heterocycles. The molecule has 26 aromatic rings. The molecular weight excluding hydrogens is 1540 g/mol. The number of nitrogens with zero attached hydrogens (tertiary/aromatic N) is 11. The molecule has 0 amide bonds. The van der Waals surface area contributed by atoms with Crippen molar-refractivity contribution in [3.63, 3.8) is 0 Å². The van der Waals surface area contributed by atoms with Crippen molar-refractivity contribution in [1.82, 2.24) is 52.7 Å². The third-order valence-electron chi connectivity index (χ3n) is 25.5. The summed E-state index contributed by atoms with van der Waals surface area (Å²) in [4.78, 5) is 31.8. The van der Waals surface area contributed by atoms with Crippen LogP contribution in [0.5, 0.6) is 0 Å². The van der Waals surface area contributed by atoms with Crippen LogP contribution in [0, 0.1) is 0 Å². The highest BCUT2D eigenvalue weighted by Crippen LogP contribution is 2.46. The van der Waals surface area contributed by atoms with E-state index in [1.165, 1.54) is 21.5 Å². The molecule has 0 radical (unpaired) electrons. The maximum Gasteiger partial charge on any atom is 0.235 e. The Morgan fingerprint density at radius 3 is 1.07 bits per heavy atom. The first-order valence-electron chi connectivity index (χ1n) is 42.5. The lowest BCUT2D eigenvalue weighted by atomic mass is 9.99. The maximum absolute atomic E-state index is 6.42. The quantitative estimate of drug-likeness (QED) is 0.113. The van der Waals surface area contributed by atoms with Crippen molar-refractivity contribution in [2.45, 2.75) is 0 Å². The molecule has 16 aromatic carbocycles. The minimum atomic E-state index is 0.575. The molecule has 0 saturated carbocycles. The van der Waals surface area contributed by atoms with Crippen LogP contribution in [-0.2, 0) is 0 Å². The van der Waals surface area contributed by atoms with Crippen LogP contribution in [-0.4, -0.2) is 52.7 Å². The average Bonchev–Trinajstić information content (AvgIpc) is 1.60. The van der Waals surface area contributed by atoms with Gasteiger partial charge in [-0.1, -0.05) is 249 Å². The van der Waals surface area contributed by atoms with Gasteiger partial charge in [0.15, 0.2) is 5.58 Å². The van der Waals surface area contributed by atoms with E-state index in [2.05, 4.69) is 381 Å². The van der Waals surface area contributed by atoms with Gasteiger partial charge in [-0.25, -0.2) is 19.9 Å². The molecule has 10 aromatic heterocycles. The molecule has 0 fully saturated rings. The number of hydrogen-bond donors (Lipinski definition) is 0. The first-order chi connectivity index (χ1) is 62.4. The zero-order chi connectivity index (χ0) is 82.6. The summed E-state index contributed by atoms with van der Waals surface area (Å²) in [6.45, 7) is 0. The van der Waals surface area contributed by atoms with Gasteiger partial charge in [0.25, 0.3) is 0 Å². The molecule has 0 N–H and O–H groups in total. The summed E-state index contributed by atoms with van der Waals surface area (Å²) in [5, 5.41) is 11.2. The molecule has 0 aliphatic rings. The lowest BCUT2D eigenvalue weighted by Gasteiger charge is -2.13. The second-order valence-electron chi connectivity index (χ2n) is 32.5. The van der Waals surface area contributed by atoms with Gasteiger partial charge in [-0.3, -0.25) is 19.1 Å². The van der Waals surface area contributed by atoms with Gasteiger partial charge in [-0.2, -0.15) is 0 Å². The largest absolute Gasteiger partial charge is 0.454 e. The summed E-state index contributed by atoms with van der Waals surface area (Å²) in [7, 11) is 0. The smallest absolute Gasteiger partial charge is 0.235 e. The summed E-state index contributed by atoms with van der Waals surface area (Å²) in [6.07, 6.45) is 3.77. The molecule has 0 saturated heterocycles. The number of benzene rings is 16. The Balaban J connectivity index is 0.569. The average molecular weight is 1610 g/mol. The molecule has 0 bridgehead atoms. The molecule has 10 heterocycles. The first-order valence-corrected chi connectivity index (χ1v) is 42.5. The van der Waals surface area contributed by atoms with Gasteiger partial charge in [-0.05, 0) is 197 Å². The van der Waals surface area contributed by atoms with Crippen LogP contribution in [0.4, 0.5) is 0 Å². The highest BCUT2D eigenvalue weighted by molar-refractivity contribution is 6.17. The minimum Gasteiger partial charge on any atom is -0.454 e. The predicted octanol–water partition coefficient (Wildman–Crippen LogP) is 28.8. The number of aromatic nitrogens is 11. The number of fused-ring (bicyclic) bond motifs is 18. The van der Waals surface area contributed by atoms with Crippen molar-refractivity contribution in [2.75, 3.05) is 0 Å². The fraction of sp³-hybridized carbons (Fsp3) is 0. The Bertz CT molecular complexity index is 8890. The SMILES string of the molecule is c1ccc(-c2cc(-c3ccc(-c4ccc5c6cc(-c7ccc8c(c7)c7ccccc7n8-c7ccc8c(c7)c7ncccc7n8-c7ccccc7)ccc6n(-c6nc(-c7ccccc7)cc(-c7ccccc7)n6)c5c4)cc3)nc(-n3c4ccccc4c4cc(-c5ccc6c(c5)c5ccccc5n6-c5ccc(-c6ccnc7c6oc6ccccc67)cc5)ccc43)n2)cc1. The van der Waals surface area contributed by atoms with Crippen molar-refractivity contribution in [3.05, 3.63) is 419 Å². The highest BCUT2D eigenvalue weighted by atomic mass is 16.3. The van der Waals surface area contributed by atoms with E-state index in [0.29, 0.717) is 11.9 Å². The zero-order valence-electron chi connectivity index (χ0n) is 67.7. The zero-order valence-corrected chi connectivity index (χ0v) is 67.7. The number of pyridine rings is 2. The van der Waals surface area contributed by atoms with E-state index in [1.807, 2.05) is 60.9 Å². The predicted molar refractivity (Wildman–Crippen MR) is 516 cm³/mol. The van der Waals surface area contributed by atoms with Gasteiger partial charge >= 0.3 is 0 Å². The monoisotopic (exact) mass is 1610 g/mol. The van der Waals surface area contributed by atoms with Crippen LogP contribution < -0.4 is 0 Å². The summed E-state index contributed by atoms with van der Waals surface area (Å²) in [6, 6.07) is 145. The van der Waals surface area contributed by atoms with Crippen LogP contribution in [0.2, 0.25) is 0 Å². The molecule has 26 rings (SSSR count). The van der Waals surface area contributed by atoms with E-state index in [9.17, 15) is 0 Å². The Labute approximate surface area is 721 Å². The standard InChI is InChI=1S/C114H69N11O/c1-5-22-72(23-6-1)95-68-96(73-24-7-2-8-25-73)119-114(118-95)125-105-57-49-79(77-47-55-103-91(63-77)86-31-14-18-35-100(86)123(103)83-52-58-106-94(67-83)110-107(37-21-60-115-110)122(106)81-28-11-4-12-29-81)65-93(105)88-53-45-80(66-108(88)125)70-39-41-75(42-40-70)98-69-97(74-26-9-3-10-27-74)117-113(120-98)124-101-36-19-15-32-87(101)92-64-78(48-56-104(92)124)76-46-54-102-90(62-76)85-30-13-17-34-99(85)121(102)82-50-43-71(44-51-82)84-59-61-116-111-89-33-16-20-38-109(89)126-112(84)111/h1-69H.